The number of halogens is 6. The summed E-state index contributed by atoms with van der Waals surface area (Å²) in [6, 6.07) is 13.0. The van der Waals surface area contributed by atoms with Crippen LogP contribution in [0.5, 0.6) is 5.75 Å². The van der Waals surface area contributed by atoms with Crippen LogP contribution in [0.2, 0.25) is 0 Å². The minimum atomic E-state index is -4.93. The molecular weight excluding hydrogens is 668 g/mol. The predicted molar refractivity (Wildman–Crippen MR) is 163 cm³/mol. The van der Waals surface area contributed by atoms with Crippen LogP contribution >= 0.6 is 11.8 Å². The summed E-state index contributed by atoms with van der Waals surface area (Å²) < 4.78 is 81.0. The number of carbonyl (C=O) groups excluding carboxylic acids is 2. The minimum absolute atomic E-state index is 0.0171. The molecule has 0 aliphatic carbocycles. The Morgan fingerprint density at radius 1 is 1.00 bits per heavy atom. The molecule has 256 valence electrons. The second kappa shape index (κ2) is 15.9. The van der Waals surface area contributed by atoms with E-state index >= 15 is 0 Å². The third-order valence-electron chi connectivity index (χ3n) is 7.01. The predicted octanol–water partition coefficient (Wildman–Crippen LogP) is 5.27. The van der Waals surface area contributed by atoms with Gasteiger partial charge in [-0.2, -0.15) is 24.9 Å². The Labute approximate surface area is 274 Å². The Morgan fingerprint density at radius 2 is 1.67 bits per heavy atom. The van der Waals surface area contributed by atoms with Crippen molar-refractivity contribution in [2.75, 3.05) is 23.7 Å². The summed E-state index contributed by atoms with van der Waals surface area (Å²) in [5.74, 6) is -3.81. The molecule has 2 amide bonds. The molecule has 1 aliphatic heterocycles. The van der Waals surface area contributed by atoms with E-state index in [0.717, 1.165) is 30.0 Å². The highest BCUT2D eigenvalue weighted by molar-refractivity contribution is 7.98. The second-order valence-electron chi connectivity index (χ2n) is 10.5. The Bertz CT molecular complexity index is 1600. The fraction of sp³-hybridized carbons (Fsp3) is 0.323. The molecule has 1 saturated heterocycles. The van der Waals surface area contributed by atoms with Gasteiger partial charge in [0.05, 0.1) is 0 Å². The molecule has 0 saturated carbocycles. The van der Waals surface area contributed by atoms with Crippen LogP contribution in [0, 0.1) is 5.92 Å². The molecule has 10 nitrogen and oxygen atoms in total. The van der Waals surface area contributed by atoms with Crippen molar-refractivity contribution in [1.29, 1.82) is 0 Å². The van der Waals surface area contributed by atoms with Gasteiger partial charge >= 0.3 is 18.5 Å². The van der Waals surface area contributed by atoms with Crippen molar-refractivity contribution in [3.63, 3.8) is 0 Å². The molecule has 2 heterocycles. The van der Waals surface area contributed by atoms with Crippen molar-refractivity contribution >= 4 is 41.6 Å². The highest BCUT2D eigenvalue weighted by atomic mass is 32.2. The maximum Gasteiger partial charge on any atom is 0.573 e. The number of amides is 2. The Hall–Kier alpha value is -4.80. The number of nitrogens with one attached hydrogen (secondary N) is 2. The summed E-state index contributed by atoms with van der Waals surface area (Å²) in [6.45, 7) is 0.260. The van der Waals surface area contributed by atoms with Gasteiger partial charge in [0.15, 0.2) is 0 Å². The third-order valence-corrected chi connectivity index (χ3v) is 8.12. The standard InChI is InChI=1S/C31H29F6N5O5S/c32-30(33,34)25-10-13-38-29(41-25)42-14-11-21(12-15-42)26(43)39-23(16-19-6-8-22(9-7-19)47-31(35,36)37)27(44)40-24(28(45)46)18-48-17-20-4-2-1-3-5-20/h1-10,13,16,21,24H,11-12,14-15,17-18H2,(H,39,43)(H,40,44)(H,45,46). The summed E-state index contributed by atoms with van der Waals surface area (Å²) in [6.07, 6.45) is -7.09. The number of aliphatic carboxylic acids is 1. The first kappa shape index (κ1) is 36.0. The van der Waals surface area contributed by atoms with Crippen molar-refractivity contribution in [3.05, 3.63) is 89.4 Å². The lowest BCUT2D eigenvalue weighted by Gasteiger charge is -2.31. The van der Waals surface area contributed by atoms with Crippen LogP contribution in [-0.4, -0.2) is 64.1 Å². The van der Waals surface area contributed by atoms with Crippen molar-refractivity contribution in [2.45, 2.75) is 37.2 Å². The van der Waals surface area contributed by atoms with Crippen LogP contribution in [0.1, 0.15) is 29.7 Å². The van der Waals surface area contributed by atoms with Gasteiger partial charge in [0.2, 0.25) is 11.9 Å². The van der Waals surface area contributed by atoms with E-state index in [9.17, 15) is 45.8 Å². The zero-order chi connectivity index (χ0) is 34.9. The maximum atomic E-state index is 13.4. The monoisotopic (exact) mass is 697 g/mol. The molecule has 1 aromatic heterocycles. The van der Waals surface area contributed by atoms with E-state index < -0.39 is 53.7 Å². The molecule has 3 aromatic rings. The van der Waals surface area contributed by atoms with Crippen LogP contribution in [0.25, 0.3) is 6.08 Å². The molecule has 17 heteroatoms. The van der Waals surface area contributed by atoms with Gasteiger partial charge in [-0.1, -0.05) is 42.5 Å². The fourth-order valence-electron chi connectivity index (χ4n) is 4.61. The van der Waals surface area contributed by atoms with Gasteiger partial charge in [-0.3, -0.25) is 9.59 Å². The molecule has 4 rings (SSSR count). The zero-order valence-electron chi connectivity index (χ0n) is 24.9. The van der Waals surface area contributed by atoms with Crippen molar-refractivity contribution in [2.24, 2.45) is 5.92 Å². The lowest BCUT2D eigenvalue weighted by atomic mass is 9.96. The number of hydrogen-bond donors (Lipinski definition) is 3. The number of rotatable bonds is 12. The SMILES string of the molecule is O=C(NC(CSCc1ccccc1)C(=O)O)C(=Cc1ccc(OC(F)(F)F)cc1)NC(=O)C1CCN(c2nccc(C(F)(F)F)n2)CC1. The minimum Gasteiger partial charge on any atom is -0.480 e. The van der Waals surface area contributed by atoms with Crippen LogP contribution in [0.15, 0.2) is 72.6 Å². The first-order chi connectivity index (χ1) is 22.7. The number of alkyl halides is 6. The molecule has 0 spiro atoms. The number of anilines is 1. The fourth-order valence-corrected chi connectivity index (χ4v) is 5.61. The number of benzene rings is 2. The van der Waals surface area contributed by atoms with Crippen molar-refractivity contribution in [1.82, 2.24) is 20.6 Å². The topological polar surface area (TPSA) is 134 Å². The number of ether oxygens (including phenoxy) is 1. The van der Waals surface area contributed by atoms with Crippen molar-refractivity contribution in [3.8, 4) is 5.75 Å². The smallest absolute Gasteiger partial charge is 0.480 e. The van der Waals surface area contributed by atoms with E-state index in [0.29, 0.717) is 5.75 Å². The van der Waals surface area contributed by atoms with Crippen LogP contribution in [0.4, 0.5) is 32.3 Å². The lowest BCUT2D eigenvalue weighted by molar-refractivity contribution is -0.274. The number of carbonyl (C=O) groups is 3. The first-order valence-corrected chi connectivity index (χ1v) is 15.5. The average molecular weight is 698 g/mol. The molecule has 1 atom stereocenters. The van der Waals surface area contributed by atoms with E-state index in [1.165, 1.54) is 34.9 Å². The summed E-state index contributed by atoms with van der Waals surface area (Å²) in [7, 11) is 0. The number of thioether (sulfide) groups is 1. The number of carboxylic acids is 1. The molecule has 1 fully saturated rings. The summed E-state index contributed by atoms with van der Waals surface area (Å²) in [5.41, 5.74) is -0.344. The van der Waals surface area contributed by atoms with Gasteiger partial charge in [-0.15, -0.1) is 13.2 Å². The summed E-state index contributed by atoms with van der Waals surface area (Å²) in [4.78, 5) is 47.6. The number of hydrogen-bond acceptors (Lipinski definition) is 8. The van der Waals surface area contributed by atoms with E-state index in [2.05, 4.69) is 25.3 Å². The molecule has 3 N–H and O–H groups in total. The zero-order valence-corrected chi connectivity index (χ0v) is 25.7. The summed E-state index contributed by atoms with van der Waals surface area (Å²) >= 11 is 1.26. The van der Waals surface area contributed by atoms with E-state index in [4.69, 9.17) is 0 Å². The highest BCUT2D eigenvalue weighted by Crippen LogP contribution is 2.29. The third kappa shape index (κ3) is 10.9. The molecule has 2 aromatic carbocycles. The molecule has 0 bridgehead atoms. The van der Waals surface area contributed by atoms with Gasteiger partial charge in [-0.25, -0.2) is 14.8 Å². The van der Waals surface area contributed by atoms with Crippen molar-refractivity contribution < 1.29 is 50.6 Å². The van der Waals surface area contributed by atoms with Gasteiger partial charge in [-0.05, 0) is 48.2 Å². The largest absolute Gasteiger partial charge is 0.573 e. The number of nitrogens with zero attached hydrogens (tertiary/aromatic N) is 3. The molecule has 1 aliphatic rings. The van der Waals surface area contributed by atoms with Crippen LogP contribution < -0.4 is 20.3 Å². The number of aromatic nitrogens is 2. The summed E-state index contributed by atoms with van der Waals surface area (Å²) in [5, 5.41) is 14.6. The van der Waals surface area contributed by atoms with E-state index in [-0.39, 0.29) is 48.9 Å². The quantitative estimate of drug-likeness (QED) is 0.171. The molecule has 0 radical (unpaired) electrons. The van der Waals surface area contributed by atoms with Gasteiger partial charge in [0.1, 0.15) is 23.2 Å². The highest BCUT2D eigenvalue weighted by Gasteiger charge is 2.34. The van der Waals surface area contributed by atoms with E-state index in [1.807, 2.05) is 30.3 Å². The lowest BCUT2D eigenvalue weighted by Crippen LogP contribution is -2.47. The van der Waals surface area contributed by atoms with Gasteiger partial charge in [0, 0.05) is 36.7 Å². The van der Waals surface area contributed by atoms with Crippen LogP contribution in [0.3, 0.4) is 0 Å². The van der Waals surface area contributed by atoms with Crippen LogP contribution in [-0.2, 0) is 26.3 Å². The Kier molecular flexibility index (Phi) is 11.9. The number of piperidine rings is 1. The maximum absolute atomic E-state index is 13.4. The van der Waals surface area contributed by atoms with E-state index in [1.54, 1.807) is 0 Å². The second-order valence-corrected chi connectivity index (χ2v) is 11.6. The Balaban J connectivity index is 1.46. The Morgan fingerprint density at radius 3 is 2.27 bits per heavy atom. The molecule has 1 unspecified atom stereocenters. The molecular formula is C31H29F6N5O5S. The average Bonchev–Trinajstić information content (AvgIpc) is 3.04. The molecule has 48 heavy (non-hydrogen) atoms. The number of carboxylic acid groups (broad SMARTS) is 1. The van der Waals surface area contributed by atoms with Gasteiger partial charge in [0.25, 0.3) is 5.91 Å². The normalized spacial score (nSPS) is 15.0. The van der Waals surface area contributed by atoms with Gasteiger partial charge < -0.3 is 25.4 Å². The first-order valence-electron chi connectivity index (χ1n) is 14.4.